The molecule has 0 aliphatic rings. The van der Waals surface area contributed by atoms with Crippen molar-refractivity contribution in [3.8, 4) is 17.2 Å². The predicted octanol–water partition coefficient (Wildman–Crippen LogP) is 3.47. The van der Waals surface area contributed by atoms with Crippen LogP contribution in [0.3, 0.4) is 0 Å². The van der Waals surface area contributed by atoms with Crippen molar-refractivity contribution in [2.45, 2.75) is 27.2 Å². The van der Waals surface area contributed by atoms with Gasteiger partial charge in [0.15, 0.2) is 11.5 Å². The molecule has 0 radical (unpaired) electrons. The average molecular weight is 343 g/mol. The molecule has 0 saturated heterocycles. The van der Waals surface area contributed by atoms with Crippen LogP contribution in [0.15, 0.2) is 36.4 Å². The summed E-state index contributed by atoms with van der Waals surface area (Å²) in [6, 6.07) is 10.8. The maximum Gasteiger partial charge on any atom is 0.255 e. The van der Waals surface area contributed by atoms with Gasteiger partial charge in [-0.1, -0.05) is 12.1 Å². The molecule has 0 fully saturated rings. The first-order chi connectivity index (χ1) is 12.0. The fourth-order valence-corrected chi connectivity index (χ4v) is 2.50. The van der Waals surface area contributed by atoms with E-state index in [9.17, 15) is 9.90 Å². The second-order valence-corrected chi connectivity index (χ2v) is 5.67. The number of benzene rings is 2. The monoisotopic (exact) mass is 343 g/mol. The van der Waals surface area contributed by atoms with Crippen LogP contribution in [-0.4, -0.2) is 30.8 Å². The Hall–Kier alpha value is -2.69. The quantitative estimate of drug-likeness (QED) is 0.770. The summed E-state index contributed by atoms with van der Waals surface area (Å²) in [5, 5.41) is 12.7. The summed E-state index contributed by atoms with van der Waals surface area (Å²) in [5.41, 5.74) is 2.24. The fourth-order valence-electron chi connectivity index (χ4n) is 2.50. The van der Waals surface area contributed by atoms with Gasteiger partial charge in [0.1, 0.15) is 5.75 Å². The van der Waals surface area contributed by atoms with Crippen molar-refractivity contribution in [3.05, 3.63) is 53.1 Å². The van der Waals surface area contributed by atoms with E-state index in [-0.39, 0.29) is 17.2 Å². The topological polar surface area (TPSA) is 67.8 Å². The Kier molecular flexibility index (Phi) is 6.69. The molecule has 0 unspecified atom stereocenters. The SMILES string of the molecule is CCOc1ccc(CCNC(=O)c2ccc(C)cc2O)cc1OCC. The first kappa shape index (κ1) is 18.6. The van der Waals surface area contributed by atoms with Crippen LogP contribution in [0.4, 0.5) is 0 Å². The van der Waals surface area contributed by atoms with E-state index in [4.69, 9.17) is 9.47 Å². The summed E-state index contributed by atoms with van der Waals surface area (Å²) in [6.07, 6.45) is 0.658. The number of carbonyl (C=O) groups excluding carboxylic acids is 1. The molecule has 5 heteroatoms. The molecular weight excluding hydrogens is 318 g/mol. The van der Waals surface area contributed by atoms with Gasteiger partial charge in [-0.3, -0.25) is 4.79 Å². The van der Waals surface area contributed by atoms with E-state index in [1.165, 1.54) is 0 Å². The molecule has 2 N–H and O–H groups in total. The third-order valence-electron chi connectivity index (χ3n) is 3.70. The summed E-state index contributed by atoms with van der Waals surface area (Å²) in [7, 11) is 0. The van der Waals surface area contributed by atoms with Crippen LogP contribution in [0.5, 0.6) is 17.2 Å². The van der Waals surface area contributed by atoms with Gasteiger partial charge in [-0.25, -0.2) is 0 Å². The molecule has 0 aromatic heterocycles. The number of nitrogens with one attached hydrogen (secondary N) is 1. The van der Waals surface area contributed by atoms with Gasteiger partial charge in [-0.15, -0.1) is 0 Å². The number of rotatable bonds is 8. The molecule has 2 aromatic rings. The number of ether oxygens (including phenoxy) is 2. The van der Waals surface area contributed by atoms with E-state index in [1.54, 1.807) is 18.2 Å². The van der Waals surface area contributed by atoms with Gasteiger partial charge in [0.2, 0.25) is 0 Å². The number of carbonyl (C=O) groups is 1. The van der Waals surface area contributed by atoms with Crippen molar-refractivity contribution < 1.29 is 19.4 Å². The summed E-state index contributed by atoms with van der Waals surface area (Å²) < 4.78 is 11.2. The van der Waals surface area contributed by atoms with Gasteiger partial charge < -0.3 is 19.9 Å². The molecule has 5 nitrogen and oxygen atoms in total. The third-order valence-corrected chi connectivity index (χ3v) is 3.70. The van der Waals surface area contributed by atoms with Crippen LogP contribution in [0.25, 0.3) is 0 Å². The summed E-state index contributed by atoms with van der Waals surface area (Å²) >= 11 is 0. The zero-order valence-electron chi connectivity index (χ0n) is 15.0. The number of amides is 1. The molecule has 134 valence electrons. The van der Waals surface area contributed by atoms with Gasteiger partial charge in [-0.05, 0) is 62.6 Å². The van der Waals surface area contributed by atoms with E-state index >= 15 is 0 Å². The van der Waals surface area contributed by atoms with E-state index in [0.717, 1.165) is 16.9 Å². The molecular formula is C20H25NO4. The third kappa shape index (κ3) is 5.14. The standard InChI is InChI=1S/C20H25NO4/c1-4-24-18-9-7-15(13-19(18)25-5-2)10-11-21-20(23)16-8-6-14(3)12-17(16)22/h6-9,12-13,22H,4-5,10-11H2,1-3H3,(H,21,23). The number of aromatic hydroxyl groups is 1. The van der Waals surface area contributed by atoms with E-state index in [1.807, 2.05) is 39.0 Å². The zero-order chi connectivity index (χ0) is 18.2. The lowest BCUT2D eigenvalue weighted by atomic mass is 10.1. The summed E-state index contributed by atoms with van der Waals surface area (Å²) in [4.78, 5) is 12.2. The Morgan fingerprint density at radius 2 is 1.76 bits per heavy atom. The van der Waals surface area contributed by atoms with Gasteiger partial charge in [0.25, 0.3) is 5.91 Å². The van der Waals surface area contributed by atoms with Crippen molar-refractivity contribution in [3.63, 3.8) is 0 Å². The minimum atomic E-state index is -0.284. The van der Waals surface area contributed by atoms with Crippen LogP contribution < -0.4 is 14.8 Å². The largest absolute Gasteiger partial charge is 0.507 e. The zero-order valence-corrected chi connectivity index (χ0v) is 15.0. The highest BCUT2D eigenvalue weighted by Crippen LogP contribution is 2.28. The molecule has 0 heterocycles. The number of hydrogen-bond donors (Lipinski definition) is 2. The van der Waals surface area contributed by atoms with Crippen LogP contribution >= 0.6 is 0 Å². The minimum Gasteiger partial charge on any atom is -0.507 e. The second-order valence-electron chi connectivity index (χ2n) is 5.67. The lowest BCUT2D eigenvalue weighted by Gasteiger charge is -2.13. The maximum absolute atomic E-state index is 12.2. The molecule has 1 amide bonds. The van der Waals surface area contributed by atoms with E-state index in [0.29, 0.717) is 31.9 Å². The molecule has 2 aromatic carbocycles. The fraction of sp³-hybridized carbons (Fsp3) is 0.350. The lowest BCUT2D eigenvalue weighted by molar-refractivity contribution is 0.0951. The smallest absolute Gasteiger partial charge is 0.255 e. The molecule has 0 saturated carbocycles. The van der Waals surface area contributed by atoms with E-state index < -0.39 is 0 Å². The Morgan fingerprint density at radius 1 is 1.04 bits per heavy atom. The molecule has 2 rings (SSSR count). The van der Waals surface area contributed by atoms with Crippen molar-refractivity contribution >= 4 is 5.91 Å². The molecule has 0 spiro atoms. The molecule has 0 atom stereocenters. The van der Waals surface area contributed by atoms with Crippen molar-refractivity contribution in [2.75, 3.05) is 19.8 Å². The van der Waals surface area contributed by atoms with Crippen molar-refractivity contribution in [1.82, 2.24) is 5.32 Å². The van der Waals surface area contributed by atoms with Crippen molar-refractivity contribution in [2.24, 2.45) is 0 Å². The summed E-state index contributed by atoms with van der Waals surface area (Å²) in [5.74, 6) is 1.15. The predicted molar refractivity (Wildman–Crippen MR) is 97.7 cm³/mol. The van der Waals surface area contributed by atoms with Crippen LogP contribution in [0, 0.1) is 6.92 Å². The second kappa shape index (κ2) is 8.97. The number of phenolic OH excluding ortho intramolecular Hbond substituents is 1. The van der Waals surface area contributed by atoms with Gasteiger partial charge in [-0.2, -0.15) is 0 Å². The highest BCUT2D eigenvalue weighted by atomic mass is 16.5. The highest BCUT2D eigenvalue weighted by molar-refractivity contribution is 5.96. The first-order valence-corrected chi connectivity index (χ1v) is 8.51. The maximum atomic E-state index is 12.2. The minimum absolute atomic E-state index is 0.00259. The van der Waals surface area contributed by atoms with Crippen LogP contribution in [0.2, 0.25) is 0 Å². The average Bonchev–Trinajstić information content (AvgIpc) is 2.57. The Bertz CT molecular complexity index is 728. The lowest BCUT2D eigenvalue weighted by Crippen LogP contribution is -2.25. The summed E-state index contributed by atoms with van der Waals surface area (Å²) in [6.45, 7) is 7.33. The highest BCUT2D eigenvalue weighted by Gasteiger charge is 2.11. The number of hydrogen-bond acceptors (Lipinski definition) is 4. The van der Waals surface area contributed by atoms with Crippen LogP contribution in [0.1, 0.15) is 35.3 Å². The molecule has 0 aliphatic carbocycles. The van der Waals surface area contributed by atoms with Gasteiger partial charge in [0.05, 0.1) is 18.8 Å². The van der Waals surface area contributed by atoms with Crippen molar-refractivity contribution in [1.29, 1.82) is 0 Å². The Balaban J connectivity index is 1.96. The molecule has 25 heavy (non-hydrogen) atoms. The Labute approximate surface area is 148 Å². The molecule has 0 aliphatic heterocycles. The molecule has 0 bridgehead atoms. The van der Waals surface area contributed by atoms with E-state index in [2.05, 4.69) is 5.32 Å². The normalized spacial score (nSPS) is 10.4. The first-order valence-electron chi connectivity index (χ1n) is 8.51. The Morgan fingerprint density at radius 3 is 2.44 bits per heavy atom. The van der Waals surface area contributed by atoms with Gasteiger partial charge >= 0.3 is 0 Å². The number of aryl methyl sites for hydroxylation is 1. The van der Waals surface area contributed by atoms with Crippen LogP contribution in [-0.2, 0) is 6.42 Å². The van der Waals surface area contributed by atoms with Gasteiger partial charge in [0, 0.05) is 6.54 Å². The number of phenols is 1.